The van der Waals surface area contributed by atoms with Crippen molar-refractivity contribution in [2.45, 2.75) is 6.54 Å². The lowest BCUT2D eigenvalue weighted by Crippen LogP contribution is -2.23. The van der Waals surface area contributed by atoms with Crippen molar-refractivity contribution in [2.24, 2.45) is 0 Å². The lowest BCUT2D eigenvalue weighted by molar-refractivity contribution is 0.0951. The summed E-state index contributed by atoms with van der Waals surface area (Å²) in [6.07, 6.45) is 1.65. The minimum absolute atomic E-state index is 0.175. The van der Waals surface area contributed by atoms with Crippen molar-refractivity contribution in [1.82, 2.24) is 10.3 Å². The molecular formula is C23H17ClN2O2. The number of carbonyl (C=O) groups is 1. The maximum absolute atomic E-state index is 12.7. The van der Waals surface area contributed by atoms with E-state index >= 15 is 0 Å². The molecule has 0 saturated carbocycles. The van der Waals surface area contributed by atoms with E-state index in [0.717, 1.165) is 11.1 Å². The highest BCUT2D eigenvalue weighted by Gasteiger charge is 2.16. The first-order valence-electron chi connectivity index (χ1n) is 8.84. The summed E-state index contributed by atoms with van der Waals surface area (Å²) >= 11 is 5.94. The normalized spacial score (nSPS) is 10.6. The molecule has 0 atom stereocenters. The van der Waals surface area contributed by atoms with Crippen molar-refractivity contribution in [3.05, 3.63) is 101 Å². The van der Waals surface area contributed by atoms with Crippen molar-refractivity contribution in [3.8, 4) is 22.8 Å². The third-order valence-corrected chi connectivity index (χ3v) is 4.58. The Morgan fingerprint density at radius 2 is 1.64 bits per heavy atom. The largest absolute Gasteiger partial charge is 0.436 e. The Labute approximate surface area is 167 Å². The van der Waals surface area contributed by atoms with E-state index in [1.54, 1.807) is 24.4 Å². The van der Waals surface area contributed by atoms with E-state index in [1.807, 2.05) is 60.7 Å². The van der Waals surface area contributed by atoms with E-state index in [1.165, 1.54) is 0 Å². The molecule has 1 amide bonds. The molecule has 1 heterocycles. The van der Waals surface area contributed by atoms with E-state index in [-0.39, 0.29) is 5.91 Å². The summed E-state index contributed by atoms with van der Waals surface area (Å²) in [7, 11) is 0. The van der Waals surface area contributed by atoms with Crippen LogP contribution in [0.15, 0.2) is 89.5 Å². The molecule has 3 aromatic carbocycles. The number of nitrogens with one attached hydrogen (secondary N) is 1. The summed E-state index contributed by atoms with van der Waals surface area (Å²) in [6, 6.07) is 24.4. The molecule has 1 N–H and O–H groups in total. The van der Waals surface area contributed by atoms with Gasteiger partial charge in [0.2, 0.25) is 5.89 Å². The summed E-state index contributed by atoms with van der Waals surface area (Å²) in [5, 5.41) is 3.60. The summed E-state index contributed by atoms with van der Waals surface area (Å²) in [6.45, 7) is 0.454. The van der Waals surface area contributed by atoms with Crippen LogP contribution in [0.5, 0.6) is 0 Å². The molecule has 0 radical (unpaired) electrons. The second-order valence-electron chi connectivity index (χ2n) is 6.25. The van der Waals surface area contributed by atoms with Crippen LogP contribution >= 0.6 is 11.6 Å². The highest BCUT2D eigenvalue weighted by Crippen LogP contribution is 2.29. The van der Waals surface area contributed by atoms with Gasteiger partial charge in [-0.3, -0.25) is 4.79 Å². The Bertz CT molecular complexity index is 1090. The summed E-state index contributed by atoms with van der Waals surface area (Å²) < 4.78 is 5.92. The Balaban J connectivity index is 1.58. The van der Waals surface area contributed by atoms with Gasteiger partial charge in [-0.1, -0.05) is 54.1 Å². The van der Waals surface area contributed by atoms with E-state index in [0.29, 0.717) is 34.3 Å². The summed E-state index contributed by atoms with van der Waals surface area (Å²) in [5.74, 6) is 0.840. The molecule has 4 rings (SSSR count). The van der Waals surface area contributed by atoms with E-state index in [9.17, 15) is 4.79 Å². The molecule has 5 heteroatoms. The van der Waals surface area contributed by atoms with Crippen LogP contribution in [-0.4, -0.2) is 10.9 Å². The molecule has 28 heavy (non-hydrogen) atoms. The van der Waals surface area contributed by atoms with Crippen LogP contribution in [0.25, 0.3) is 22.8 Å². The van der Waals surface area contributed by atoms with Crippen molar-refractivity contribution < 1.29 is 9.21 Å². The first-order valence-corrected chi connectivity index (χ1v) is 9.22. The van der Waals surface area contributed by atoms with Crippen LogP contribution in [0.1, 0.15) is 15.9 Å². The van der Waals surface area contributed by atoms with Gasteiger partial charge in [-0.2, -0.15) is 0 Å². The number of halogens is 1. The number of carbonyl (C=O) groups excluding carboxylic acids is 1. The maximum atomic E-state index is 12.7. The van der Waals surface area contributed by atoms with Crippen LogP contribution in [-0.2, 0) is 6.54 Å². The molecule has 0 aliphatic rings. The monoisotopic (exact) mass is 388 g/mol. The molecule has 0 bridgehead atoms. The number of amides is 1. The van der Waals surface area contributed by atoms with Crippen LogP contribution < -0.4 is 5.32 Å². The highest BCUT2D eigenvalue weighted by molar-refractivity contribution is 6.30. The molecule has 1 aromatic heterocycles. The van der Waals surface area contributed by atoms with Gasteiger partial charge in [-0.25, -0.2) is 4.98 Å². The fraction of sp³-hybridized carbons (Fsp3) is 0.0435. The molecular weight excluding hydrogens is 372 g/mol. The van der Waals surface area contributed by atoms with Crippen LogP contribution in [0.4, 0.5) is 0 Å². The van der Waals surface area contributed by atoms with Crippen LogP contribution in [0.3, 0.4) is 0 Å². The van der Waals surface area contributed by atoms with Gasteiger partial charge in [0.15, 0.2) is 5.76 Å². The van der Waals surface area contributed by atoms with Crippen LogP contribution in [0, 0.1) is 0 Å². The predicted molar refractivity (Wildman–Crippen MR) is 110 cm³/mol. The molecule has 4 nitrogen and oxygen atoms in total. The Morgan fingerprint density at radius 3 is 2.43 bits per heavy atom. The van der Waals surface area contributed by atoms with E-state index in [2.05, 4.69) is 10.3 Å². The number of oxazole rings is 1. The Morgan fingerprint density at radius 1 is 0.929 bits per heavy atom. The Kier molecular flexibility index (Phi) is 5.22. The molecule has 0 saturated heterocycles. The average molecular weight is 389 g/mol. The minimum atomic E-state index is -0.175. The van der Waals surface area contributed by atoms with Crippen LogP contribution in [0.2, 0.25) is 5.02 Å². The number of benzene rings is 3. The minimum Gasteiger partial charge on any atom is -0.436 e. The lowest BCUT2D eigenvalue weighted by Gasteiger charge is -2.08. The zero-order chi connectivity index (χ0) is 19.3. The van der Waals surface area contributed by atoms with Gasteiger partial charge in [-0.15, -0.1) is 0 Å². The number of hydrogen-bond acceptors (Lipinski definition) is 3. The van der Waals surface area contributed by atoms with E-state index in [4.69, 9.17) is 16.0 Å². The predicted octanol–water partition coefficient (Wildman–Crippen LogP) is 5.59. The molecule has 0 unspecified atom stereocenters. The quantitative estimate of drug-likeness (QED) is 0.484. The third kappa shape index (κ3) is 3.97. The van der Waals surface area contributed by atoms with Gasteiger partial charge in [0, 0.05) is 22.7 Å². The average Bonchev–Trinajstić information content (AvgIpc) is 3.23. The van der Waals surface area contributed by atoms with Gasteiger partial charge in [0.05, 0.1) is 11.8 Å². The molecule has 138 valence electrons. The van der Waals surface area contributed by atoms with E-state index < -0.39 is 0 Å². The number of hydrogen-bond donors (Lipinski definition) is 1. The van der Waals surface area contributed by atoms with Crippen molar-refractivity contribution in [2.75, 3.05) is 0 Å². The van der Waals surface area contributed by atoms with Crippen molar-refractivity contribution >= 4 is 17.5 Å². The first kappa shape index (κ1) is 18.0. The molecule has 4 aromatic rings. The van der Waals surface area contributed by atoms with Gasteiger partial charge < -0.3 is 9.73 Å². The fourth-order valence-corrected chi connectivity index (χ4v) is 3.01. The van der Waals surface area contributed by atoms with Gasteiger partial charge in [0.1, 0.15) is 0 Å². The highest BCUT2D eigenvalue weighted by atomic mass is 35.5. The number of aromatic nitrogens is 1. The molecule has 0 aliphatic heterocycles. The summed E-state index contributed by atoms with van der Waals surface area (Å²) in [4.78, 5) is 17.1. The number of nitrogens with zero attached hydrogens (tertiary/aromatic N) is 1. The zero-order valence-electron chi connectivity index (χ0n) is 14.9. The first-order chi connectivity index (χ1) is 13.7. The SMILES string of the molecule is O=C(NCc1ccccc1)c1ccccc1-c1ncc(-c2ccc(Cl)cc2)o1. The summed E-state index contributed by atoms with van der Waals surface area (Å²) in [5.41, 5.74) is 3.07. The lowest BCUT2D eigenvalue weighted by atomic mass is 10.1. The van der Waals surface area contributed by atoms with Gasteiger partial charge in [0.25, 0.3) is 5.91 Å². The third-order valence-electron chi connectivity index (χ3n) is 4.33. The topological polar surface area (TPSA) is 55.1 Å². The molecule has 0 aliphatic carbocycles. The fourth-order valence-electron chi connectivity index (χ4n) is 2.89. The second-order valence-corrected chi connectivity index (χ2v) is 6.69. The standard InChI is InChI=1S/C23H17ClN2O2/c24-18-12-10-17(11-13-18)21-15-26-23(28-21)20-9-5-4-8-19(20)22(27)25-14-16-6-2-1-3-7-16/h1-13,15H,14H2,(H,25,27). The van der Waals surface area contributed by atoms with Gasteiger partial charge >= 0.3 is 0 Å². The zero-order valence-corrected chi connectivity index (χ0v) is 15.7. The number of rotatable bonds is 5. The second kappa shape index (κ2) is 8.11. The van der Waals surface area contributed by atoms with Crippen molar-refractivity contribution in [3.63, 3.8) is 0 Å². The smallest absolute Gasteiger partial charge is 0.252 e. The Hall–Kier alpha value is -3.37. The molecule has 0 spiro atoms. The van der Waals surface area contributed by atoms with Crippen molar-refractivity contribution in [1.29, 1.82) is 0 Å². The molecule has 0 fully saturated rings. The maximum Gasteiger partial charge on any atom is 0.252 e. The van der Waals surface area contributed by atoms with Gasteiger partial charge in [-0.05, 0) is 42.0 Å².